The summed E-state index contributed by atoms with van der Waals surface area (Å²) in [5.41, 5.74) is 0. The normalized spacial score (nSPS) is 12.9. The van der Waals surface area contributed by atoms with E-state index in [4.69, 9.17) is 9.47 Å². The highest BCUT2D eigenvalue weighted by Gasteiger charge is 2.13. The monoisotopic (exact) mass is 727 g/mol. The maximum absolute atomic E-state index is 12.2. The van der Waals surface area contributed by atoms with Crippen molar-refractivity contribution in [3.63, 3.8) is 0 Å². The Morgan fingerprint density at radius 1 is 0.481 bits per heavy atom. The van der Waals surface area contributed by atoms with Gasteiger partial charge in [0.05, 0.1) is 13.2 Å². The zero-order chi connectivity index (χ0) is 37.7. The number of unbranched alkanes of at least 4 members (excludes halogenated alkanes) is 23. The van der Waals surface area contributed by atoms with Crippen molar-refractivity contribution in [3.8, 4) is 0 Å². The number of carbonyl (C=O) groups is 1. The fourth-order valence-corrected chi connectivity index (χ4v) is 6.26. The summed E-state index contributed by atoms with van der Waals surface area (Å²) in [6.45, 7) is 5.22. The Balaban J connectivity index is 3.41. The van der Waals surface area contributed by atoms with E-state index in [-0.39, 0.29) is 12.6 Å². The van der Waals surface area contributed by atoms with Crippen LogP contribution in [0.25, 0.3) is 0 Å². The van der Waals surface area contributed by atoms with E-state index < -0.39 is 6.10 Å². The number of rotatable bonds is 41. The van der Waals surface area contributed by atoms with Gasteiger partial charge in [-0.1, -0.05) is 190 Å². The van der Waals surface area contributed by atoms with Crippen LogP contribution in [0.1, 0.15) is 213 Å². The molecule has 0 bridgehead atoms. The highest BCUT2D eigenvalue weighted by molar-refractivity contribution is 5.69. The van der Waals surface area contributed by atoms with Crippen LogP contribution in [-0.2, 0) is 14.3 Å². The first-order chi connectivity index (χ1) is 25.7. The molecule has 0 saturated carbocycles. The zero-order valence-electron chi connectivity index (χ0n) is 34.6. The second-order valence-corrected chi connectivity index (χ2v) is 14.7. The molecule has 0 rings (SSSR count). The van der Waals surface area contributed by atoms with Gasteiger partial charge in [0.25, 0.3) is 0 Å². The molecule has 0 amide bonds. The van der Waals surface area contributed by atoms with Crippen molar-refractivity contribution >= 4 is 5.97 Å². The van der Waals surface area contributed by atoms with Gasteiger partial charge in [0, 0.05) is 13.0 Å². The smallest absolute Gasteiger partial charge is 0.306 e. The van der Waals surface area contributed by atoms with Gasteiger partial charge in [-0.2, -0.15) is 0 Å². The van der Waals surface area contributed by atoms with E-state index in [9.17, 15) is 9.90 Å². The van der Waals surface area contributed by atoms with Crippen LogP contribution in [0.3, 0.4) is 0 Å². The predicted octanol–water partition coefficient (Wildman–Crippen LogP) is 14.8. The molecule has 0 aliphatic heterocycles. The molecule has 0 heterocycles. The third-order valence-electron chi connectivity index (χ3n) is 9.58. The van der Waals surface area contributed by atoms with Crippen molar-refractivity contribution in [1.82, 2.24) is 0 Å². The minimum Gasteiger partial charge on any atom is -0.457 e. The number of ether oxygens (including phenoxy) is 2. The van der Waals surface area contributed by atoms with Gasteiger partial charge in [-0.05, 0) is 77.0 Å². The molecule has 1 N–H and O–H groups in total. The average molecular weight is 727 g/mol. The predicted molar refractivity (Wildman–Crippen MR) is 228 cm³/mol. The Morgan fingerprint density at radius 2 is 0.865 bits per heavy atom. The molecule has 0 aromatic rings. The van der Waals surface area contributed by atoms with Gasteiger partial charge in [-0.15, -0.1) is 0 Å². The fourth-order valence-electron chi connectivity index (χ4n) is 6.26. The molecule has 0 aromatic heterocycles. The molecule has 4 nitrogen and oxygen atoms in total. The molecule has 1 unspecified atom stereocenters. The Hall–Kier alpha value is -1.91. The first kappa shape index (κ1) is 50.1. The summed E-state index contributed by atoms with van der Waals surface area (Å²) in [5, 5.41) is 9.60. The van der Waals surface area contributed by atoms with Crippen LogP contribution in [0.4, 0.5) is 0 Å². The van der Waals surface area contributed by atoms with Crippen LogP contribution < -0.4 is 0 Å². The lowest BCUT2D eigenvalue weighted by atomic mass is 10.0. The number of hydrogen-bond donors (Lipinski definition) is 1. The molecule has 0 aromatic carbocycles. The number of esters is 1. The number of aliphatic hydroxyl groups excluding tert-OH is 1. The minimum atomic E-state index is -0.540. The number of carbonyl (C=O) groups excluding carboxylic acids is 1. The lowest BCUT2D eigenvalue weighted by Crippen LogP contribution is -2.27. The van der Waals surface area contributed by atoms with Gasteiger partial charge in [0.1, 0.15) is 6.10 Å². The molecule has 4 heteroatoms. The molecular formula is C48H86O4. The van der Waals surface area contributed by atoms with Crippen LogP contribution in [0.15, 0.2) is 60.8 Å². The van der Waals surface area contributed by atoms with E-state index in [0.717, 1.165) is 44.9 Å². The lowest BCUT2D eigenvalue weighted by Gasteiger charge is -2.15. The zero-order valence-corrected chi connectivity index (χ0v) is 34.6. The maximum atomic E-state index is 12.2. The highest BCUT2D eigenvalue weighted by Crippen LogP contribution is 2.14. The van der Waals surface area contributed by atoms with Gasteiger partial charge in [0.2, 0.25) is 0 Å². The summed E-state index contributed by atoms with van der Waals surface area (Å²) in [5.74, 6) is -0.210. The van der Waals surface area contributed by atoms with E-state index in [2.05, 4.69) is 74.6 Å². The van der Waals surface area contributed by atoms with Crippen molar-refractivity contribution in [2.24, 2.45) is 0 Å². The number of hydrogen-bond acceptors (Lipinski definition) is 4. The molecule has 0 aliphatic carbocycles. The summed E-state index contributed by atoms with van der Waals surface area (Å²) >= 11 is 0. The Labute approximate surface area is 324 Å². The van der Waals surface area contributed by atoms with Gasteiger partial charge >= 0.3 is 5.97 Å². The van der Waals surface area contributed by atoms with Crippen LogP contribution in [-0.4, -0.2) is 37.0 Å². The van der Waals surface area contributed by atoms with Crippen LogP contribution in [0.2, 0.25) is 0 Å². The summed E-state index contributed by atoms with van der Waals surface area (Å²) in [7, 11) is 0. The van der Waals surface area contributed by atoms with Gasteiger partial charge < -0.3 is 14.6 Å². The maximum Gasteiger partial charge on any atom is 0.306 e. The highest BCUT2D eigenvalue weighted by atomic mass is 16.6. The van der Waals surface area contributed by atoms with Crippen molar-refractivity contribution in [3.05, 3.63) is 60.8 Å². The van der Waals surface area contributed by atoms with E-state index in [1.54, 1.807) is 0 Å². The second kappa shape index (κ2) is 45.2. The van der Waals surface area contributed by atoms with Gasteiger partial charge in [-0.3, -0.25) is 4.79 Å². The molecule has 52 heavy (non-hydrogen) atoms. The second-order valence-electron chi connectivity index (χ2n) is 14.7. The Bertz CT molecular complexity index is 854. The SMILES string of the molecule is CC/C=C\C/C=C\C/C=C\C/C=C\CCCCCCCCCCCCCCCOCC(CO)OC(=O)CCCCCCC/C=C\CCCCCCC. The molecular weight excluding hydrogens is 641 g/mol. The quantitative estimate of drug-likeness (QED) is 0.0387. The van der Waals surface area contributed by atoms with Crippen LogP contribution >= 0.6 is 0 Å². The summed E-state index contributed by atoms with van der Waals surface area (Å²) in [6.07, 6.45) is 60.0. The fraction of sp³-hybridized carbons (Fsp3) is 0.771. The summed E-state index contributed by atoms with van der Waals surface area (Å²) in [4.78, 5) is 12.2. The molecule has 0 saturated heterocycles. The van der Waals surface area contributed by atoms with Gasteiger partial charge in [0.15, 0.2) is 0 Å². The summed E-state index contributed by atoms with van der Waals surface area (Å²) in [6, 6.07) is 0. The molecule has 0 radical (unpaired) electrons. The van der Waals surface area contributed by atoms with Crippen molar-refractivity contribution in [2.75, 3.05) is 19.8 Å². The summed E-state index contributed by atoms with van der Waals surface area (Å²) < 4.78 is 11.2. The molecule has 1 atom stereocenters. The van der Waals surface area contributed by atoms with E-state index in [1.165, 1.54) is 148 Å². The third-order valence-corrected chi connectivity index (χ3v) is 9.58. The standard InChI is InChI=1S/C48H86O4/c1-3-5-7-9-11-13-15-17-19-20-21-22-23-24-25-26-27-28-29-30-32-34-36-38-40-42-44-51-46-47(45-49)52-48(50)43-41-39-37-35-33-31-18-16-14-12-10-8-6-4-2/h5,7,11,13,16-19,21-22,47,49H,3-4,6,8-10,12,14-15,20,23-46H2,1-2H3/b7-5-,13-11-,18-16-,19-17-,22-21-. The number of allylic oxidation sites excluding steroid dienone is 10. The van der Waals surface area contributed by atoms with Gasteiger partial charge in [-0.25, -0.2) is 0 Å². The van der Waals surface area contributed by atoms with E-state index in [1.807, 2.05) is 0 Å². The third kappa shape index (κ3) is 42.5. The first-order valence-electron chi connectivity index (χ1n) is 22.4. The average Bonchev–Trinajstić information content (AvgIpc) is 3.15. The van der Waals surface area contributed by atoms with Crippen molar-refractivity contribution in [1.29, 1.82) is 0 Å². The van der Waals surface area contributed by atoms with Crippen molar-refractivity contribution < 1.29 is 19.4 Å². The Morgan fingerprint density at radius 3 is 1.33 bits per heavy atom. The first-order valence-corrected chi connectivity index (χ1v) is 22.4. The van der Waals surface area contributed by atoms with Crippen molar-refractivity contribution in [2.45, 2.75) is 219 Å². The topological polar surface area (TPSA) is 55.8 Å². The van der Waals surface area contributed by atoms with Crippen LogP contribution in [0.5, 0.6) is 0 Å². The van der Waals surface area contributed by atoms with E-state index in [0.29, 0.717) is 19.6 Å². The number of aliphatic hydroxyl groups is 1. The molecule has 302 valence electrons. The minimum absolute atomic E-state index is 0.176. The lowest BCUT2D eigenvalue weighted by molar-refractivity contribution is -0.154. The van der Waals surface area contributed by atoms with E-state index >= 15 is 0 Å². The molecule has 0 fully saturated rings. The largest absolute Gasteiger partial charge is 0.457 e. The van der Waals surface area contributed by atoms with Crippen LogP contribution in [0, 0.1) is 0 Å². The molecule has 0 spiro atoms. The Kier molecular flexibility index (Phi) is 43.6. The molecule has 0 aliphatic rings.